The van der Waals surface area contributed by atoms with E-state index in [1.807, 2.05) is 13.8 Å². The lowest BCUT2D eigenvalue weighted by Gasteiger charge is -2.31. The lowest BCUT2D eigenvalue weighted by Crippen LogP contribution is -2.43. The molecule has 2 aromatic rings. The third kappa shape index (κ3) is 6.11. The minimum atomic E-state index is -3.82. The summed E-state index contributed by atoms with van der Waals surface area (Å²) in [5.74, 6) is -0.344. The van der Waals surface area contributed by atoms with Crippen molar-refractivity contribution in [3.05, 3.63) is 35.7 Å². The molecule has 0 spiro atoms. The fourth-order valence-corrected chi connectivity index (χ4v) is 5.48. The fourth-order valence-electron chi connectivity index (χ4n) is 3.66. The van der Waals surface area contributed by atoms with Gasteiger partial charge in [0.15, 0.2) is 5.76 Å². The highest BCUT2D eigenvalue weighted by Crippen LogP contribution is 2.28. The summed E-state index contributed by atoms with van der Waals surface area (Å²) in [7, 11) is -3.82. The lowest BCUT2D eigenvalue weighted by atomic mass is 9.98. The zero-order valence-corrected chi connectivity index (χ0v) is 20.1. The molecule has 2 heterocycles. The van der Waals surface area contributed by atoms with Crippen molar-refractivity contribution < 1.29 is 27.3 Å². The molecule has 0 saturated carbocycles. The molecule has 0 aliphatic carbocycles. The summed E-state index contributed by atoms with van der Waals surface area (Å²) in [6.07, 6.45) is 0.558. The van der Waals surface area contributed by atoms with Gasteiger partial charge in [-0.3, -0.25) is 10.1 Å². The highest BCUT2D eigenvalue weighted by atomic mass is 32.2. The van der Waals surface area contributed by atoms with E-state index in [9.17, 15) is 18.0 Å². The zero-order chi connectivity index (χ0) is 24.2. The first-order valence-corrected chi connectivity index (χ1v) is 12.3. The summed E-state index contributed by atoms with van der Waals surface area (Å²) in [4.78, 5) is 24.8. The molecule has 1 aliphatic heterocycles. The van der Waals surface area contributed by atoms with Crippen molar-refractivity contribution in [2.45, 2.75) is 45.4 Å². The Labute approximate surface area is 193 Å². The molecule has 2 amide bonds. The summed E-state index contributed by atoms with van der Waals surface area (Å²) >= 11 is 0. The summed E-state index contributed by atoms with van der Waals surface area (Å²) in [6.45, 7) is 7.71. The van der Waals surface area contributed by atoms with E-state index in [0.717, 1.165) is 0 Å². The average molecular weight is 479 g/mol. The number of sulfonamides is 1. The van der Waals surface area contributed by atoms with E-state index in [1.165, 1.54) is 4.31 Å². The fraction of sp³-hybridized carbons (Fsp3) is 0.500. The number of benzene rings is 1. The Kier molecular flexibility index (Phi) is 7.75. The van der Waals surface area contributed by atoms with Crippen molar-refractivity contribution >= 4 is 33.4 Å². The Hall–Kier alpha value is -2.92. The lowest BCUT2D eigenvalue weighted by molar-refractivity contribution is -0.120. The van der Waals surface area contributed by atoms with Gasteiger partial charge in [-0.2, -0.15) is 4.31 Å². The second kappa shape index (κ2) is 10.3. The van der Waals surface area contributed by atoms with E-state index in [2.05, 4.69) is 15.8 Å². The van der Waals surface area contributed by atoms with Crippen LogP contribution < -0.4 is 10.6 Å². The Morgan fingerprint density at radius 1 is 1.24 bits per heavy atom. The molecule has 0 bridgehead atoms. The van der Waals surface area contributed by atoms with Crippen LogP contribution >= 0.6 is 0 Å². The first kappa shape index (κ1) is 24.7. The van der Waals surface area contributed by atoms with Crippen LogP contribution in [-0.2, 0) is 19.6 Å². The zero-order valence-electron chi connectivity index (χ0n) is 19.3. The van der Waals surface area contributed by atoms with Crippen molar-refractivity contribution in [1.82, 2.24) is 9.46 Å². The number of aryl methyl sites for hydroxylation is 2. The van der Waals surface area contributed by atoms with Crippen molar-refractivity contribution in [2.75, 3.05) is 30.3 Å². The molecule has 1 aliphatic rings. The van der Waals surface area contributed by atoms with Gasteiger partial charge < -0.3 is 14.6 Å². The minimum Gasteiger partial charge on any atom is -0.449 e. The number of aromatic nitrogens is 1. The van der Waals surface area contributed by atoms with E-state index in [1.54, 1.807) is 38.1 Å². The molecular weight excluding hydrogens is 448 g/mol. The second-order valence-corrected chi connectivity index (χ2v) is 10.4. The van der Waals surface area contributed by atoms with Crippen LogP contribution in [0.4, 0.5) is 16.2 Å². The van der Waals surface area contributed by atoms with Crippen molar-refractivity contribution in [3.63, 3.8) is 0 Å². The number of hydrogen-bond acceptors (Lipinski definition) is 7. The summed E-state index contributed by atoms with van der Waals surface area (Å²) in [6, 6.07) is 6.70. The molecule has 1 saturated heterocycles. The van der Waals surface area contributed by atoms with E-state index >= 15 is 0 Å². The predicted molar refractivity (Wildman–Crippen MR) is 122 cm³/mol. The first-order valence-electron chi connectivity index (χ1n) is 10.9. The average Bonchev–Trinajstić information content (AvgIpc) is 3.11. The Bertz CT molecular complexity index is 1090. The Balaban J connectivity index is 1.64. The number of hydrogen-bond donors (Lipinski definition) is 2. The van der Waals surface area contributed by atoms with E-state index in [-0.39, 0.29) is 29.0 Å². The number of rotatable bonds is 7. The number of piperidine rings is 1. The van der Waals surface area contributed by atoms with Gasteiger partial charge in [0.2, 0.25) is 15.9 Å². The van der Waals surface area contributed by atoms with Gasteiger partial charge in [0.05, 0.1) is 12.5 Å². The molecule has 0 radical (unpaired) electrons. The summed E-state index contributed by atoms with van der Waals surface area (Å²) in [5.41, 5.74) is 1.27. The molecule has 1 aromatic carbocycles. The first-order chi connectivity index (χ1) is 15.6. The molecule has 1 atom stereocenters. The van der Waals surface area contributed by atoms with E-state index < -0.39 is 22.0 Å². The SMILES string of the molecule is Cc1noc(C)c1S(=O)(=O)N1CCCC(C(=O)Nc2cccc(NC(=O)OCC(C)C)c2)C1. The number of nitrogens with one attached hydrogen (secondary N) is 2. The van der Waals surface area contributed by atoms with Gasteiger partial charge >= 0.3 is 6.09 Å². The number of nitrogens with zero attached hydrogens (tertiary/aromatic N) is 2. The second-order valence-electron chi connectivity index (χ2n) is 8.54. The molecule has 1 aromatic heterocycles. The third-order valence-corrected chi connectivity index (χ3v) is 7.36. The molecule has 10 nitrogen and oxygen atoms in total. The number of carbonyl (C=O) groups excluding carboxylic acids is 2. The standard InChI is InChI=1S/C22H30N4O6S/c1-14(2)13-31-22(28)24-19-9-5-8-18(11-19)23-21(27)17-7-6-10-26(12-17)33(29,30)20-15(3)25-32-16(20)4/h5,8-9,11,14,17H,6-7,10,12-13H2,1-4H3,(H,23,27)(H,24,28). The van der Waals surface area contributed by atoms with Gasteiger partial charge in [-0.05, 0) is 50.8 Å². The van der Waals surface area contributed by atoms with Crippen LogP contribution in [0.2, 0.25) is 0 Å². The highest BCUT2D eigenvalue weighted by Gasteiger charge is 2.36. The molecule has 11 heteroatoms. The predicted octanol–water partition coefficient (Wildman–Crippen LogP) is 3.54. The summed E-state index contributed by atoms with van der Waals surface area (Å²) < 4.78 is 37.6. The largest absolute Gasteiger partial charge is 0.449 e. The number of carbonyl (C=O) groups is 2. The van der Waals surface area contributed by atoms with Crippen LogP contribution in [-0.4, -0.2) is 49.6 Å². The van der Waals surface area contributed by atoms with Gasteiger partial charge in [-0.25, -0.2) is 13.2 Å². The van der Waals surface area contributed by atoms with Crippen molar-refractivity contribution in [3.8, 4) is 0 Å². The number of anilines is 2. The quantitative estimate of drug-likeness (QED) is 0.622. The van der Waals surface area contributed by atoms with Crippen LogP contribution in [0, 0.1) is 25.7 Å². The van der Waals surface area contributed by atoms with Crippen LogP contribution in [0.15, 0.2) is 33.7 Å². The minimum absolute atomic E-state index is 0.0617. The van der Waals surface area contributed by atoms with Crippen molar-refractivity contribution in [1.29, 1.82) is 0 Å². The third-order valence-electron chi connectivity index (χ3n) is 5.24. The smallest absolute Gasteiger partial charge is 0.411 e. The maximum atomic E-state index is 13.1. The van der Waals surface area contributed by atoms with Crippen molar-refractivity contribution in [2.24, 2.45) is 11.8 Å². The molecule has 1 unspecified atom stereocenters. The van der Waals surface area contributed by atoms with Gasteiger partial charge in [-0.15, -0.1) is 0 Å². The number of amides is 2. The molecule has 1 fully saturated rings. The normalized spacial score (nSPS) is 17.1. The van der Waals surface area contributed by atoms with Crippen LogP contribution in [0.1, 0.15) is 38.1 Å². The van der Waals surface area contributed by atoms with Gasteiger partial charge in [-0.1, -0.05) is 25.1 Å². The topological polar surface area (TPSA) is 131 Å². The molecule has 3 rings (SSSR count). The van der Waals surface area contributed by atoms with E-state index in [4.69, 9.17) is 9.26 Å². The number of ether oxygens (including phenoxy) is 1. The van der Waals surface area contributed by atoms with Crippen LogP contribution in [0.3, 0.4) is 0 Å². The molecule has 33 heavy (non-hydrogen) atoms. The van der Waals surface area contributed by atoms with Gasteiger partial charge in [0.25, 0.3) is 0 Å². The maximum Gasteiger partial charge on any atom is 0.411 e. The Morgan fingerprint density at radius 2 is 1.94 bits per heavy atom. The summed E-state index contributed by atoms with van der Waals surface area (Å²) in [5, 5.41) is 9.19. The van der Waals surface area contributed by atoms with E-state index in [0.29, 0.717) is 43.1 Å². The maximum absolute atomic E-state index is 13.1. The van der Waals surface area contributed by atoms with Crippen LogP contribution in [0.25, 0.3) is 0 Å². The molecule has 2 N–H and O–H groups in total. The molecular formula is C22H30N4O6S. The Morgan fingerprint density at radius 3 is 2.58 bits per heavy atom. The van der Waals surface area contributed by atoms with Crippen LogP contribution in [0.5, 0.6) is 0 Å². The van der Waals surface area contributed by atoms with Gasteiger partial charge in [0.1, 0.15) is 10.6 Å². The highest BCUT2D eigenvalue weighted by molar-refractivity contribution is 7.89. The monoisotopic (exact) mass is 478 g/mol. The molecule has 180 valence electrons. The van der Waals surface area contributed by atoms with Gasteiger partial charge in [0, 0.05) is 24.5 Å².